The lowest BCUT2D eigenvalue weighted by molar-refractivity contribution is 0.483. The average molecular weight is 328 g/mol. The second-order valence-corrected chi connectivity index (χ2v) is 5.40. The SMILES string of the molecule is Fc1cccc(Cl)c1CNc1ccc(Oc2ccccc2)cc1. The van der Waals surface area contributed by atoms with Crippen molar-refractivity contribution in [3.05, 3.63) is 89.2 Å². The summed E-state index contributed by atoms with van der Waals surface area (Å²) in [6, 6.07) is 21.7. The van der Waals surface area contributed by atoms with E-state index in [0.29, 0.717) is 17.1 Å². The van der Waals surface area contributed by atoms with E-state index in [-0.39, 0.29) is 5.82 Å². The van der Waals surface area contributed by atoms with Gasteiger partial charge in [0.15, 0.2) is 0 Å². The second-order valence-electron chi connectivity index (χ2n) is 4.99. The Balaban J connectivity index is 1.64. The molecule has 0 saturated heterocycles. The van der Waals surface area contributed by atoms with Crippen LogP contribution in [-0.4, -0.2) is 0 Å². The average Bonchev–Trinajstić information content (AvgIpc) is 2.57. The summed E-state index contributed by atoms with van der Waals surface area (Å²) in [5.74, 6) is 1.21. The Bertz CT molecular complexity index is 755. The number of rotatable bonds is 5. The summed E-state index contributed by atoms with van der Waals surface area (Å²) < 4.78 is 19.4. The molecule has 0 atom stereocenters. The smallest absolute Gasteiger partial charge is 0.129 e. The molecular formula is C19H15ClFNO. The molecule has 0 unspecified atom stereocenters. The van der Waals surface area contributed by atoms with Crippen molar-refractivity contribution in [2.24, 2.45) is 0 Å². The molecule has 0 radical (unpaired) electrons. The van der Waals surface area contributed by atoms with Crippen LogP contribution in [0.4, 0.5) is 10.1 Å². The fourth-order valence-electron chi connectivity index (χ4n) is 2.16. The molecule has 0 spiro atoms. The van der Waals surface area contributed by atoms with Gasteiger partial charge in [-0.15, -0.1) is 0 Å². The van der Waals surface area contributed by atoms with Crippen LogP contribution < -0.4 is 10.1 Å². The zero-order chi connectivity index (χ0) is 16.1. The normalized spacial score (nSPS) is 10.3. The van der Waals surface area contributed by atoms with E-state index in [0.717, 1.165) is 17.2 Å². The van der Waals surface area contributed by atoms with Gasteiger partial charge in [0.2, 0.25) is 0 Å². The van der Waals surface area contributed by atoms with Gasteiger partial charge >= 0.3 is 0 Å². The highest BCUT2D eigenvalue weighted by Gasteiger charge is 2.06. The monoisotopic (exact) mass is 327 g/mol. The van der Waals surface area contributed by atoms with Crippen LogP contribution in [0.3, 0.4) is 0 Å². The first-order valence-electron chi connectivity index (χ1n) is 7.22. The van der Waals surface area contributed by atoms with E-state index in [1.807, 2.05) is 54.6 Å². The van der Waals surface area contributed by atoms with Gasteiger partial charge in [-0.3, -0.25) is 0 Å². The number of para-hydroxylation sites is 1. The Morgan fingerprint density at radius 1 is 0.826 bits per heavy atom. The van der Waals surface area contributed by atoms with Crippen LogP contribution in [-0.2, 0) is 6.54 Å². The number of halogens is 2. The van der Waals surface area contributed by atoms with Crippen LogP contribution in [0.5, 0.6) is 11.5 Å². The minimum atomic E-state index is -0.311. The highest BCUT2D eigenvalue weighted by molar-refractivity contribution is 6.31. The summed E-state index contributed by atoms with van der Waals surface area (Å²) in [6.07, 6.45) is 0. The number of nitrogens with one attached hydrogen (secondary N) is 1. The molecule has 4 heteroatoms. The molecule has 0 bridgehead atoms. The first kappa shape index (κ1) is 15.4. The maximum atomic E-state index is 13.7. The van der Waals surface area contributed by atoms with E-state index in [2.05, 4.69) is 5.32 Å². The van der Waals surface area contributed by atoms with Crippen molar-refractivity contribution in [2.75, 3.05) is 5.32 Å². The summed E-state index contributed by atoms with van der Waals surface area (Å²) in [4.78, 5) is 0. The predicted octanol–water partition coefficient (Wildman–Crippen LogP) is 5.88. The number of ether oxygens (including phenoxy) is 1. The van der Waals surface area contributed by atoms with E-state index in [4.69, 9.17) is 16.3 Å². The van der Waals surface area contributed by atoms with Gasteiger partial charge in [-0.2, -0.15) is 0 Å². The van der Waals surface area contributed by atoms with Crippen molar-refractivity contribution in [1.82, 2.24) is 0 Å². The first-order valence-corrected chi connectivity index (χ1v) is 7.60. The van der Waals surface area contributed by atoms with Gasteiger partial charge in [0.05, 0.1) is 0 Å². The standard InChI is InChI=1S/C19H15ClFNO/c20-18-7-4-8-19(21)17(18)13-22-14-9-11-16(12-10-14)23-15-5-2-1-3-6-15/h1-12,22H,13H2. The summed E-state index contributed by atoms with van der Waals surface area (Å²) in [6.45, 7) is 0.324. The van der Waals surface area contributed by atoms with Gasteiger partial charge in [-0.25, -0.2) is 4.39 Å². The molecule has 116 valence electrons. The molecule has 0 heterocycles. The minimum Gasteiger partial charge on any atom is -0.457 e. The van der Waals surface area contributed by atoms with Crippen LogP contribution in [0.15, 0.2) is 72.8 Å². The molecule has 0 saturated carbocycles. The van der Waals surface area contributed by atoms with Crippen molar-refractivity contribution in [3.63, 3.8) is 0 Å². The third kappa shape index (κ3) is 4.02. The largest absolute Gasteiger partial charge is 0.457 e. The molecule has 3 rings (SSSR count). The van der Waals surface area contributed by atoms with Gasteiger partial charge in [-0.1, -0.05) is 35.9 Å². The van der Waals surface area contributed by atoms with Gasteiger partial charge in [-0.05, 0) is 48.5 Å². The molecule has 0 aromatic heterocycles. The zero-order valence-corrected chi connectivity index (χ0v) is 13.1. The first-order chi connectivity index (χ1) is 11.2. The van der Waals surface area contributed by atoms with Crippen LogP contribution in [0.1, 0.15) is 5.56 Å². The molecule has 0 aliphatic carbocycles. The van der Waals surface area contributed by atoms with Crippen LogP contribution in [0.2, 0.25) is 5.02 Å². The minimum absolute atomic E-state index is 0.311. The molecule has 23 heavy (non-hydrogen) atoms. The van der Waals surface area contributed by atoms with Crippen LogP contribution >= 0.6 is 11.6 Å². The van der Waals surface area contributed by atoms with Gasteiger partial charge in [0.25, 0.3) is 0 Å². The van der Waals surface area contributed by atoms with E-state index in [1.165, 1.54) is 6.07 Å². The van der Waals surface area contributed by atoms with E-state index >= 15 is 0 Å². The predicted molar refractivity (Wildman–Crippen MR) is 91.7 cm³/mol. The quantitative estimate of drug-likeness (QED) is 0.631. The molecule has 0 fully saturated rings. The van der Waals surface area contributed by atoms with Crippen molar-refractivity contribution < 1.29 is 9.13 Å². The maximum Gasteiger partial charge on any atom is 0.129 e. The summed E-state index contributed by atoms with van der Waals surface area (Å²) in [5.41, 5.74) is 1.32. The molecule has 0 aliphatic heterocycles. The fraction of sp³-hybridized carbons (Fsp3) is 0.0526. The van der Waals surface area contributed by atoms with Crippen molar-refractivity contribution in [1.29, 1.82) is 0 Å². The topological polar surface area (TPSA) is 21.3 Å². The summed E-state index contributed by atoms with van der Waals surface area (Å²) in [5, 5.41) is 3.57. The third-order valence-corrected chi connectivity index (χ3v) is 3.72. The second kappa shape index (κ2) is 7.16. The highest BCUT2D eigenvalue weighted by Crippen LogP contribution is 2.24. The van der Waals surface area contributed by atoms with Crippen LogP contribution in [0, 0.1) is 5.82 Å². The van der Waals surface area contributed by atoms with Gasteiger partial charge in [0.1, 0.15) is 17.3 Å². The zero-order valence-electron chi connectivity index (χ0n) is 12.3. The molecule has 2 nitrogen and oxygen atoms in total. The van der Waals surface area contributed by atoms with Crippen molar-refractivity contribution in [3.8, 4) is 11.5 Å². The lowest BCUT2D eigenvalue weighted by Crippen LogP contribution is -2.02. The lowest BCUT2D eigenvalue weighted by atomic mass is 10.2. The molecular weight excluding hydrogens is 313 g/mol. The Labute approximate surface area is 139 Å². The number of hydrogen-bond donors (Lipinski definition) is 1. The Hall–Kier alpha value is -2.52. The summed E-state index contributed by atoms with van der Waals surface area (Å²) >= 11 is 6.01. The Kier molecular flexibility index (Phi) is 4.79. The molecule has 3 aromatic rings. The van der Waals surface area contributed by atoms with E-state index in [1.54, 1.807) is 12.1 Å². The lowest BCUT2D eigenvalue weighted by Gasteiger charge is -2.10. The Morgan fingerprint density at radius 2 is 1.52 bits per heavy atom. The van der Waals surface area contributed by atoms with Gasteiger partial charge in [0, 0.05) is 22.8 Å². The fourth-order valence-corrected chi connectivity index (χ4v) is 2.39. The molecule has 0 amide bonds. The maximum absolute atomic E-state index is 13.7. The van der Waals surface area contributed by atoms with Crippen molar-refractivity contribution >= 4 is 17.3 Å². The van der Waals surface area contributed by atoms with Crippen molar-refractivity contribution in [2.45, 2.75) is 6.54 Å². The molecule has 3 aromatic carbocycles. The molecule has 1 N–H and O–H groups in total. The highest BCUT2D eigenvalue weighted by atomic mass is 35.5. The van der Waals surface area contributed by atoms with Gasteiger partial charge < -0.3 is 10.1 Å². The summed E-state index contributed by atoms with van der Waals surface area (Å²) in [7, 11) is 0. The van der Waals surface area contributed by atoms with E-state index < -0.39 is 0 Å². The molecule has 0 aliphatic rings. The number of hydrogen-bond acceptors (Lipinski definition) is 2. The van der Waals surface area contributed by atoms with E-state index in [9.17, 15) is 4.39 Å². The number of benzene rings is 3. The Morgan fingerprint density at radius 3 is 2.22 bits per heavy atom. The number of anilines is 1. The third-order valence-electron chi connectivity index (χ3n) is 3.36. The van der Waals surface area contributed by atoms with Crippen LogP contribution in [0.25, 0.3) is 0 Å².